The van der Waals surface area contributed by atoms with Crippen LogP contribution in [-0.4, -0.2) is 37.8 Å². The zero-order valence-electron chi connectivity index (χ0n) is 32.6. The van der Waals surface area contributed by atoms with Crippen LogP contribution in [0.25, 0.3) is 0 Å². The van der Waals surface area contributed by atoms with E-state index < -0.39 is 24.4 Å². The number of hydrogen-bond acceptors (Lipinski definition) is 7. The van der Waals surface area contributed by atoms with E-state index in [0.29, 0.717) is 25.4 Å². The lowest BCUT2D eigenvalue weighted by molar-refractivity contribution is -0.213. The normalized spacial score (nSPS) is 18.0. The number of benzene rings is 6. The average Bonchev–Trinajstić information content (AvgIpc) is 3.27. The molecule has 1 saturated heterocycles. The van der Waals surface area contributed by atoms with Crippen LogP contribution in [0.1, 0.15) is 57.5 Å². The Bertz CT molecular complexity index is 2120. The summed E-state index contributed by atoms with van der Waals surface area (Å²) in [5, 5.41) is 0. The third-order valence-corrected chi connectivity index (χ3v) is 10.3. The fourth-order valence-electron chi connectivity index (χ4n) is 7.16. The molecular formula is C50H50O7. The molecule has 1 heterocycles. The lowest BCUT2D eigenvalue weighted by Crippen LogP contribution is -2.54. The molecule has 7 heteroatoms. The van der Waals surface area contributed by atoms with Gasteiger partial charge in [-0.05, 0) is 76.1 Å². The Balaban J connectivity index is 1.30. The monoisotopic (exact) mass is 762 g/mol. The molecule has 6 aromatic carbocycles. The first kappa shape index (κ1) is 39.7. The summed E-state index contributed by atoms with van der Waals surface area (Å²) in [7, 11) is 1.67. The molecule has 0 aromatic heterocycles. The van der Waals surface area contributed by atoms with E-state index >= 15 is 0 Å². The van der Waals surface area contributed by atoms with Gasteiger partial charge in [0.25, 0.3) is 0 Å². The molecule has 0 spiro atoms. The lowest BCUT2D eigenvalue weighted by atomic mass is 9.88. The molecule has 0 aliphatic carbocycles. The predicted molar refractivity (Wildman–Crippen MR) is 221 cm³/mol. The van der Waals surface area contributed by atoms with E-state index in [1.54, 1.807) is 7.11 Å². The Labute approximate surface area is 336 Å². The quantitative estimate of drug-likeness (QED) is 0.0864. The molecule has 1 aliphatic rings. The van der Waals surface area contributed by atoms with E-state index in [0.717, 1.165) is 56.7 Å². The van der Waals surface area contributed by atoms with Crippen molar-refractivity contribution in [3.8, 4) is 11.5 Å². The van der Waals surface area contributed by atoms with Gasteiger partial charge in [-0.25, -0.2) is 0 Å². The summed E-state index contributed by atoms with van der Waals surface area (Å²) < 4.78 is 38.7. The van der Waals surface area contributed by atoms with Crippen LogP contribution in [0.3, 0.4) is 0 Å². The number of carbonyl (C=O) groups excluding carboxylic acids is 1. The zero-order valence-corrected chi connectivity index (χ0v) is 32.6. The number of aryl methyl sites for hydroxylation is 1. The largest absolute Gasteiger partial charge is 0.497 e. The molecule has 0 unspecified atom stereocenters. The second-order valence-electron chi connectivity index (χ2n) is 14.2. The third-order valence-electron chi connectivity index (χ3n) is 10.3. The number of rotatable bonds is 18. The van der Waals surface area contributed by atoms with Crippen molar-refractivity contribution in [2.75, 3.05) is 13.7 Å². The van der Waals surface area contributed by atoms with Gasteiger partial charge in [0.15, 0.2) is 5.78 Å². The molecule has 4 atom stereocenters. The predicted octanol–water partition coefficient (Wildman–Crippen LogP) is 9.82. The van der Waals surface area contributed by atoms with Crippen molar-refractivity contribution >= 4 is 5.78 Å². The zero-order chi connectivity index (χ0) is 39.2. The van der Waals surface area contributed by atoms with E-state index in [1.807, 2.05) is 133 Å². The molecule has 6 aromatic rings. The lowest BCUT2D eigenvalue weighted by Gasteiger charge is -2.41. The van der Waals surface area contributed by atoms with Gasteiger partial charge in [-0.15, -0.1) is 0 Å². The standard InChI is InChI=1S/C50H50O7/c1-3-41-30-45(54-32-38-18-10-5-11-19-38)44(29-42(41)28-36-24-26-43(52-2)27-25-36)48-50(56-34-40-22-14-7-15-23-40)49(55-33-39-20-12-6-13-21-39)47(51)46(57-48)35-53-31-37-16-8-4-9-17-37/h4-27,29-30,46,48-50H,3,28,31-35H2,1-2H3/t46-,48+,49+,50+/m1/s1. The van der Waals surface area contributed by atoms with Crippen LogP contribution >= 0.6 is 0 Å². The number of hydrogen-bond donors (Lipinski definition) is 0. The molecule has 0 amide bonds. The first-order chi connectivity index (χ1) is 28.1. The summed E-state index contributed by atoms with van der Waals surface area (Å²) in [6.45, 7) is 3.38. The fraction of sp³-hybridized carbons (Fsp3) is 0.260. The van der Waals surface area contributed by atoms with Crippen molar-refractivity contribution in [1.82, 2.24) is 0 Å². The minimum Gasteiger partial charge on any atom is -0.497 e. The molecule has 1 fully saturated rings. The van der Waals surface area contributed by atoms with Gasteiger partial charge in [0.2, 0.25) is 0 Å². The van der Waals surface area contributed by atoms with Gasteiger partial charge in [-0.2, -0.15) is 0 Å². The molecule has 0 saturated carbocycles. The number of ether oxygens (including phenoxy) is 6. The number of carbonyl (C=O) groups is 1. The van der Waals surface area contributed by atoms with Crippen LogP contribution in [0.5, 0.6) is 11.5 Å². The SMILES string of the molecule is CCc1cc(OCc2ccccc2)c([C@@H]2O[C@H](COCc3ccccc3)C(=O)[C@H](OCc3ccccc3)[C@H]2OCc2ccccc2)cc1Cc1ccc(OC)cc1. The van der Waals surface area contributed by atoms with Crippen LogP contribution in [0.4, 0.5) is 0 Å². The van der Waals surface area contributed by atoms with Crippen LogP contribution in [-0.2, 0) is 63.0 Å². The summed E-state index contributed by atoms with van der Waals surface area (Å²) >= 11 is 0. The fourth-order valence-corrected chi connectivity index (χ4v) is 7.16. The molecule has 7 nitrogen and oxygen atoms in total. The highest BCUT2D eigenvalue weighted by Gasteiger charge is 2.48. The first-order valence-electron chi connectivity index (χ1n) is 19.6. The number of Topliss-reactive ketones (excluding diaryl/α,β-unsaturated/α-hetero) is 1. The first-order valence-corrected chi connectivity index (χ1v) is 19.6. The molecule has 292 valence electrons. The maximum Gasteiger partial charge on any atom is 0.195 e. The van der Waals surface area contributed by atoms with Crippen LogP contribution in [0, 0.1) is 0 Å². The summed E-state index contributed by atoms with van der Waals surface area (Å²) in [6.07, 6.45) is -1.97. The van der Waals surface area contributed by atoms with Crippen molar-refractivity contribution in [2.45, 2.75) is 70.6 Å². The van der Waals surface area contributed by atoms with E-state index in [1.165, 1.54) is 0 Å². The number of ketones is 1. The maximum absolute atomic E-state index is 14.6. The molecule has 0 radical (unpaired) electrons. The Morgan fingerprint density at radius 1 is 0.579 bits per heavy atom. The van der Waals surface area contributed by atoms with Gasteiger partial charge < -0.3 is 28.4 Å². The van der Waals surface area contributed by atoms with Gasteiger partial charge in [-0.3, -0.25) is 4.79 Å². The highest BCUT2D eigenvalue weighted by atomic mass is 16.6. The van der Waals surface area contributed by atoms with Gasteiger partial charge >= 0.3 is 0 Å². The van der Waals surface area contributed by atoms with Crippen molar-refractivity contribution in [1.29, 1.82) is 0 Å². The van der Waals surface area contributed by atoms with Crippen molar-refractivity contribution in [2.24, 2.45) is 0 Å². The summed E-state index contributed by atoms with van der Waals surface area (Å²) in [5.41, 5.74) is 8.19. The summed E-state index contributed by atoms with van der Waals surface area (Å²) in [5.74, 6) is 1.26. The Hall–Kier alpha value is -5.57. The van der Waals surface area contributed by atoms with Crippen LogP contribution in [0.15, 0.2) is 158 Å². The Kier molecular flexibility index (Phi) is 13.9. The maximum atomic E-state index is 14.6. The number of methoxy groups -OCH3 is 1. The van der Waals surface area contributed by atoms with Gasteiger partial charge in [0.05, 0.1) is 33.5 Å². The van der Waals surface area contributed by atoms with E-state index in [4.69, 9.17) is 28.4 Å². The third kappa shape index (κ3) is 10.6. The topological polar surface area (TPSA) is 72.5 Å². The molecular weight excluding hydrogens is 713 g/mol. The summed E-state index contributed by atoms with van der Waals surface area (Å²) in [6, 6.07) is 52.3. The second-order valence-corrected chi connectivity index (χ2v) is 14.2. The van der Waals surface area contributed by atoms with Gasteiger partial charge in [-0.1, -0.05) is 140 Å². The van der Waals surface area contributed by atoms with E-state index in [9.17, 15) is 4.79 Å². The minimum absolute atomic E-state index is 0.0484. The molecule has 1 aliphatic heterocycles. The van der Waals surface area contributed by atoms with Crippen molar-refractivity contribution in [3.05, 3.63) is 202 Å². The highest BCUT2D eigenvalue weighted by Crippen LogP contribution is 2.41. The molecule has 0 bridgehead atoms. The minimum atomic E-state index is -0.962. The van der Waals surface area contributed by atoms with Gasteiger partial charge in [0.1, 0.15) is 42.5 Å². The van der Waals surface area contributed by atoms with E-state index in [2.05, 4.69) is 31.2 Å². The molecule has 7 rings (SSSR count). The van der Waals surface area contributed by atoms with Crippen molar-refractivity contribution < 1.29 is 33.2 Å². The Morgan fingerprint density at radius 2 is 1.12 bits per heavy atom. The van der Waals surface area contributed by atoms with Gasteiger partial charge in [0, 0.05) is 5.56 Å². The second kappa shape index (κ2) is 20.0. The van der Waals surface area contributed by atoms with Crippen LogP contribution in [0.2, 0.25) is 0 Å². The van der Waals surface area contributed by atoms with Crippen molar-refractivity contribution in [3.63, 3.8) is 0 Å². The summed E-state index contributed by atoms with van der Waals surface area (Å²) in [4.78, 5) is 14.6. The highest BCUT2D eigenvalue weighted by molar-refractivity contribution is 5.89. The molecule has 0 N–H and O–H groups in total. The van der Waals surface area contributed by atoms with E-state index in [-0.39, 0.29) is 25.6 Å². The van der Waals surface area contributed by atoms with Crippen LogP contribution < -0.4 is 9.47 Å². The Morgan fingerprint density at radius 3 is 1.68 bits per heavy atom. The smallest absolute Gasteiger partial charge is 0.195 e. The average molecular weight is 763 g/mol. The molecule has 57 heavy (non-hydrogen) atoms.